The van der Waals surface area contributed by atoms with Gasteiger partial charge < -0.3 is 24.1 Å². The number of benzene rings is 2. The van der Waals surface area contributed by atoms with Crippen molar-refractivity contribution < 1.29 is 19.0 Å². The number of nitrogens with one attached hydrogen (secondary N) is 1. The Bertz CT molecular complexity index is 1080. The molecule has 30 heavy (non-hydrogen) atoms. The first-order valence-electron chi connectivity index (χ1n) is 9.71. The minimum absolute atomic E-state index is 0.191. The first-order valence-corrected chi connectivity index (χ1v) is 9.71. The number of methoxy groups -OCH3 is 3. The minimum Gasteiger partial charge on any atom is -0.497 e. The standard InChI is InChI=1S/C23H26N2O5/c1-5-8-25(23(27)16-10-19(29-3)12-20(11-16)30-4)14-17-9-15-6-7-18(28-2)13-21(15)24-22(17)26/h6-7,9-13H,5,8,14H2,1-4H3,(H,24,26). The lowest BCUT2D eigenvalue weighted by atomic mass is 10.1. The number of nitrogens with zero attached hydrogens (tertiary/aromatic N) is 1. The molecule has 1 N–H and O–H groups in total. The van der Waals surface area contributed by atoms with Gasteiger partial charge in [0.15, 0.2) is 0 Å². The Morgan fingerprint density at radius 2 is 1.60 bits per heavy atom. The fraction of sp³-hybridized carbons (Fsp3) is 0.304. The molecule has 0 aliphatic heterocycles. The van der Waals surface area contributed by atoms with Gasteiger partial charge in [0.1, 0.15) is 17.2 Å². The second-order valence-corrected chi connectivity index (χ2v) is 6.90. The van der Waals surface area contributed by atoms with Gasteiger partial charge in [-0.3, -0.25) is 9.59 Å². The first kappa shape index (κ1) is 21.2. The summed E-state index contributed by atoms with van der Waals surface area (Å²) in [5, 5.41) is 0.873. The number of fused-ring (bicyclic) bond motifs is 1. The quantitative estimate of drug-likeness (QED) is 0.614. The van der Waals surface area contributed by atoms with Gasteiger partial charge in [0, 0.05) is 29.8 Å². The summed E-state index contributed by atoms with van der Waals surface area (Å²) in [6, 6.07) is 12.4. The Labute approximate surface area is 175 Å². The molecule has 1 aromatic heterocycles. The van der Waals surface area contributed by atoms with Crippen LogP contribution in [0.25, 0.3) is 10.9 Å². The summed E-state index contributed by atoms with van der Waals surface area (Å²) in [6.45, 7) is 2.70. The minimum atomic E-state index is -0.229. The molecule has 1 amide bonds. The number of rotatable bonds is 8. The number of amides is 1. The van der Waals surface area contributed by atoms with Crippen LogP contribution in [0.3, 0.4) is 0 Å². The third-order valence-electron chi connectivity index (χ3n) is 4.87. The van der Waals surface area contributed by atoms with Gasteiger partial charge in [-0.25, -0.2) is 0 Å². The topological polar surface area (TPSA) is 80.9 Å². The van der Waals surface area contributed by atoms with E-state index in [2.05, 4.69) is 4.98 Å². The third kappa shape index (κ3) is 4.56. The monoisotopic (exact) mass is 410 g/mol. The smallest absolute Gasteiger partial charge is 0.254 e. The van der Waals surface area contributed by atoms with E-state index in [0.29, 0.717) is 40.4 Å². The lowest BCUT2D eigenvalue weighted by Gasteiger charge is -2.22. The van der Waals surface area contributed by atoms with E-state index in [-0.39, 0.29) is 18.0 Å². The molecule has 0 atom stereocenters. The van der Waals surface area contributed by atoms with Crippen LogP contribution in [0.15, 0.2) is 47.3 Å². The molecule has 158 valence electrons. The lowest BCUT2D eigenvalue weighted by molar-refractivity contribution is 0.0742. The number of aromatic nitrogens is 1. The van der Waals surface area contributed by atoms with E-state index in [1.807, 2.05) is 25.1 Å². The molecule has 3 rings (SSSR count). The first-order chi connectivity index (χ1) is 14.5. The number of aromatic amines is 1. The second kappa shape index (κ2) is 9.35. The van der Waals surface area contributed by atoms with Gasteiger partial charge >= 0.3 is 0 Å². The van der Waals surface area contributed by atoms with Crippen LogP contribution in [0.5, 0.6) is 17.2 Å². The van der Waals surface area contributed by atoms with Gasteiger partial charge in [-0.1, -0.05) is 6.92 Å². The van der Waals surface area contributed by atoms with Gasteiger partial charge in [-0.2, -0.15) is 0 Å². The summed E-state index contributed by atoms with van der Waals surface area (Å²) in [5.74, 6) is 1.54. The van der Waals surface area contributed by atoms with Crippen LogP contribution in [-0.2, 0) is 6.54 Å². The van der Waals surface area contributed by atoms with Gasteiger partial charge in [-0.05, 0) is 42.1 Å². The molecular weight excluding hydrogens is 384 g/mol. The molecular formula is C23H26N2O5. The Kier molecular flexibility index (Phi) is 6.61. The van der Waals surface area contributed by atoms with E-state index in [1.165, 1.54) is 14.2 Å². The van der Waals surface area contributed by atoms with Crippen LogP contribution in [0.4, 0.5) is 0 Å². The summed E-state index contributed by atoms with van der Waals surface area (Å²) in [4.78, 5) is 30.4. The number of hydrogen-bond acceptors (Lipinski definition) is 5. The molecule has 7 nitrogen and oxygen atoms in total. The average Bonchev–Trinajstić information content (AvgIpc) is 2.77. The largest absolute Gasteiger partial charge is 0.497 e. The molecule has 1 heterocycles. The Morgan fingerprint density at radius 1 is 0.933 bits per heavy atom. The molecule has 0 saturated heterocycles. The molecule has 0 unspecified atom stereocenters. The molecule has 3 aromatic rings. The van der Waals surface area contributed by atoms with Gasteiger partial charge in [0.25, 0.3) is 11.5 Å². The van der Waals surface area contributed by atoms with E-state index >= 15 is 0 Å². The van der Waals surface area contributed by atoms with E-state index < -0.39 is 0 Å². The van der Waals surface area contributed by atoms with E-state index in [1.54, 1.807) is 36.3 Å². The van der Waals surface area contributed by atoms with Gasteiger partial charge in [0.05, 0.1) is 33.4 Å². The summed E-state index contributed by atoms with van der Waals surface area (Å²) >= 11 is 0. The second-order valence-electron chi connectivity index (χ2n) is 6.90. The molecule has 7 heteroatoms. The highest BCUT2D eigenvalue weighted by Crippen LogP contribution is 2.24. The average molecular weight is 410 g/mol. The molecule has 0 bridgehead atoms. The molecule has 0 radical (unpaired) electrons. The van der Waals surface area contributed by atoms with Crippen molar-refractivity contribution >= 4 is 16.8 Å². The normalized spacial score (nSPS) is 10.7. The predicted octanol–water partition coefficient (Wildman–Crippen LogP) is 3.61. The maximum atomic E-state index is 13.2. The van der Waals surface area contributed by atoms with Crippen LogP contribution >= 0.6 is 0 Å². The zero-order valence-electron chi connectivity index (χ0n) is 17.7. The summed E-state index contributed by atoms with van der Waals surface area (Å²) in [5.41, 5.74) is 1.42. The maximum absolute atomic E-state index is 13.2. The summed E-state index contributed by atoms with van der Waals surface area (Å²) in [7, 11) is 4.66. The Balaban J connectivity index is 1.94. The van der Waals surface area contributed by atoms with Crippen LogP contribution in [0, 0.1) is 0 Å². The van der Waals surface area contributed by atoms with Crippen LogP contribution in [-0.4, -0.2) is 43.7 Å². The van der Waals surface area contributed by atoms with Crippen molar-refractivity contribution in [3.8, 4) is 17.2 Å². The van der Waals surface area contributed by atoms with Gasteiger partial charge in [-0.15, -0.1) is 0 Å². The number of H-pyrrole nitrogens is 1. The van der Waals surface area contributed by atoms with Crippen LogP contribution in [0.1, 0.15) is 29.3 Å². The van der Waals surface area contributed by atoms with E-state index in [4.69, 9.17) is 14.2 Å². The molecule has 2 aromatic carbocycles. The van der Waals surface area contributed by atoms with Crippen molar-refractivity contribution in [2.75, 3.05) is 27.9 Å². The van der Waals surface area contributed by atoms with Crippen molar-refractivity contribution in [2.24, 2.45) is 0 Å². The fourth-order valence-corrected chi connectivity index (χ4v) is 3.31. The molecule has 0 aliphatic carbocycles. The highest BCUT2D eigenvalue weighted by atomic mass is 16.5. The zero-order valence-corrected chi connectivity index (χ0v) is 17.7. The Hall–Kier alpha value is -3.48. The van der Waals surface area contributed by atoms with Gasteiger partial charge in [0.2, 0.25) is 0 Å². The lowest BCUT2D eigenvalue weighted by Crippen LogP contribution is -2.33. The van der Waals surface area contributed by atoms with Crippen molar-refractivity contribution in [1.29, 1.82) is 0 Å². The van der Waals surface area contributed by atoms with E-state index in [9.17, 15) is 9.59 Å². The number of carbonyl (C=O) groups is 1. The molecule has 0 aliphatic rings. The summed E-state index contributed by atoms with van der Waals surface area (Å²) < 4.78 is 15.8. The number of carbonyl (C=O) groups excluding carboxylic acids is 1. The molecule has 0 spiro atoms. The van der Waals surface area contributed by atoms with Crippen molar-refractivity contribution in [3.05, 3.63) is 63.9 Å². The molecule has 0 saturated carbocycles. The van der Waals surface area contributed by atoms with Crippen LogP contribution in [0.2, 0.25) is 0 Å². The zero-order chi connectivity index (χ0) is 21.7. The van der Waals surface area contributed by atoms with Crippen molar-refractivity contribution in [1.82, 2.24) is 9.88 Å². The number of hydrogen-bond donors (Lipinski definition) is 1. The summed E-state index contributed by atoms with van der Waals surface area (Å²) in [6.07, 6.45) is 0.759. The van der Waals surface area contributed by atoms with Crippen molar-refractivity contribution in [3.63, 3.8) is 0 Å². The number of pyridine rings is 1. The van der Waals surface area contributed by atoms with Crippen molar-refractivity contribution in [2.45, 2.75) is 19.9 Å². The maximum Gasteiger partial charge on any atom is 0.254 e. The number of ether oxygens (including phenoxy) is 3. The SMILES string of the molecule is CCCN(Cc1cc2ccc(OC)cc2[nH]c1=O)C(=O)c1cc(OC)cc(OC)c1. The molecule has 0 fully saturated rings. The van der Waals surface area contributed by atoms with E-state index in [0.717, 1.165) is 11.8 Å². The van der Waals surface area contributed by atoms with Crippen LogP contribution < -0.4 is 19.8 Å². The fourth-order valence-electron chi connectivity index (χ4n) is 3.31. The highest BCUT2D eigenvalue weighted by Gasteiger charge is 2.19. The third-order valence-corrected chi connectivity index (χ3v) is 4.87. The highest BCUT2D eigenvalue weighted by molar-refractivity contribution is 5.95. The Morgan fingerprint density at radius 3 is 2.20 bits per heavy atom. The predicted molar refractivity (Wildman–Crippen MR) is 116 cm³/mol.